The Morgan fingerprint density at radius 2 is 0.976 bits per heavy atom. The third-order valence-corrected chi connectivity index (χ3v) is 22.1. The quantitative estimate of drug-likeness (QED) is 0.0477. The maximum absolute atomic E-state index is 15.2. The molecule has 7 N–H and O–H groups in total. The number of allylic oxidation sites excluding steroid dienone is 2. The van der Waals surface area contributed by atoms with E-state index in [0.29, 0.717) is 25.7 Å². The fourth-order valence-electron chi connectivity index (χ4n) is 15.1. The second kappa shape index (κ2) is 23.5. The van der Waals surface area contributed by atoms with E-state index >= 15 is 4.79 Å². The number of hydrogen-bond acceptors (Lipinski definition) is 28. The van der Waals surface area contributed by atoms with Crippen LogP contribution in [-0.2, 0) is 135 Å². The Bertz CT molecular complexity index is 3450. The van der Waals surface area contributed by atoms with Crippen LogP contribution in [0, 0.1) is 50.2 Å². The van der Waals surface area contributed by atoms with E-state index in [4.69, 9.17) is 32.1 Å². The largest absolute Gasteiger partial charge is 0.469 e. The van der Waals surface area contributed by atoms with Gasteiger partial charge in [-0.3, -0.25) is 41.5 Å². The number of carbonyl (C=O) groups excluding carboxylic acids is 2. The van der Waals surface area contributed by atoms with Crippen molar-refractivity contribution in [2.45, 2.75) is 174 Å². The van der Waals surface area contributed by atoms with E-state index in [1.807, 2.05) is 13.8 Å². The van der Waals surface area contributed by atoms with Gasteiger partial charge in [0.25, 0.3) is 0 Å². The first-order valence-electron chi connectivity index (χ1n) is 25.8. The van der Waals surface area contributed by atoms with Crippen molar-refractivity contribution in [3.05, 3.63) is 11.6 Å². The summed E-state index contributed by atoms with van der Waals surface area (Å²) < 4.78 is 301. The lowest BCUT2D eigenvalue weighted by Crippen LogP contribution is -2.68. The summed E-state index contributed by atoms with van der Waals surface area (Å²) in [5.41, 5.74) is -3.34. The van der Waals surface area contributed by atoms with Crippen molar-refractivity contribution in [1.29, 1.82) is 0 Å². The molecule has 0 radical (unpaired) electrons. The summed E-state index contributed by atoms with van der Waals surface area (Å²) >= 11 is 0. The van der Waals surface area contributed by atoms with Gasteiger partial charge in [0.15, 0.2) is 30.6 Å². The molecule has 0 spiro atoms. The molecule has 0 aromatic heterocycles. The fraction of sp³-hybridized carbons (Fsp3) is 0.907. The monoisotopic (exact) mass is 1370 g/mol. The van der Waals surface area contributed by atoms with Gasteiger partial charge in [-0.2, -0.15) is 58.9 Å². The van der Waals surface area contributed by atoms with E-state index in [0.717, 1.165) is 24.8 Å². The molecule has 35 nitrogen and oxygen atoms in total. The number of carbonyl (C=O) groups is 2. The molecule has 0 bridgehead atoms. The van der Waals surface area contributed by atoms with Gasteiger partial charge in [-0.25, -0.2) is 29.3 Å². The summed E-state index contributed by atoms with van der Waals surface area (Å²) in [5, 5.41) is 0. The van der Waals surface area contributed by atoms with Crippen molar-refractivity contribution >= 4 is 84.5 Å². The van der Waals surface area contributed by atoms with Gasteiger partial charge >= 0.3 is 78.8 Å². The first kappa shape index (κ1) is 70.3. The van der Waals surface area contributed by atoms with E-state index in [9.17, 15) is 95.6 Å². The molecule has 0 aromatic carbocycles. The molecule has 2 aliphatic heterocycles. The number of hydrogen-bond donors (Lipinski definition) is 7. The van der Waals surface area contributed by atoms with Crippen LogP contribution in [-0.4, -0.2) is 190 Å². The smallest absolute Gasteiger partial charge is 0.397 e. The molecule has 492 valence electrons. The molecular weight excluding hydrogens is 1300 g/mol. The Labute approximate surface area is 491 Å². The Morgan fingerprint density at radius 1 is 0.541 bits per heavy atom. The van der Waals surface area contributed by atoms with Gasteiger partial charge in [0.2, 0.25) is 0 Å². The summed E-state index contributed by atoms with van der Waals surface area (Å²) in [4.78, 5) is 28.4. The Kier molecular flexibility index (Phi) is 19.4. The lowest BCUT2D eigenvalue weighted by molar-refractivity contribution is -0.358. The van der Waals surface area contributed by atoms with Crippen LogP contribution in [0.5, 0.6) is 0 Å². The van der Waals surface area contributed by atoms with Crippen molar-refractivity contribution < 1.29 is 153 Å². The van der Waals surface area contributed by atoms with E-state index in [2.05, 4.69) is 41.7 Å². The fourth-order valence-corrected chi connectivity index (χ4v) is 18.2. The lowest BCUT2D eigenvalue weighted by atomic mass is 9.33. The van der Waals surface area contributed by atoms with Crippen LogP contribution < -0.4 is 0 Å². The zero-order valence-electron chi connectivity index (χ0n) is 46.4. The van der Waals surface area contributed by atoms with Crippen LogP contribution in [0.25, 0.3) is 0 Å². The minimum absolute atomic E-state index is 0.0702. The van der Waals surface area contributed by atoms with Gasteiger partial charge in [-0.05, 0) is 110 Å². The van der Waals surface area contributed by atoms with Crippen LogP contribution in [0.4, 0.5) is 0 Å². The predicted octanol–water partition coefficient (Wildman–Crippen LogP) is 0.939. The number of ether oxygens (including phenoxy) is 5. The molecule has 85 heavy (non-hydrogen) atoms. The topological polar surface area (TPSA) is 525 Å². The number of esters is 1. The van der Waals surface area contributed by atoms with E-state index < -0.39 is 192 Å². The second-order valence-electron chi connectivity index (χ2n) is 24.3. The molecule has 7 aliphatic rings. The van der Waals surface area contributed by atoms with E-state index in [1.165, 1.54) is 7.11 Å². The molecule has 0 amide bonds. The number of ketones is 1. The number of fused-ring (bicyclic) bond motifs is 7. The lowest BCUT2D eigenvalue weighted by Gasteiger charge is -2.70. The molecule has 0 aromatic rings. The average Bonchev–Trinajstić information content (AvgIpc) is 0.684. The standard InChI is InChI=1S/C43H68O35S7/c1-38(2)26-9-12-43(7)34(23(44)17-21-22-18-40(4,37(45)67-8)14-13-39(22,3)15-16-42(21,43)6)41(26,5)11-10-27(38)72-35-32(77-84(61,62)63)30(75-82(55,56)57)28(24(70-35)19-68-79(46,47)48)73-36-33(78-85(64,65)66)31(76-83(58,59)60)29(74-81(52,53)54)25(71-36)20-69-80(49,50)51/h17,22,24-36H,9-16,18-20H2,1-8H3,(H,46,47,48)(H,49,50,51)(H,52,53,54)(H,55,56,57)(H,58,59,60)(H,61,62,63)(H,64,65,66)/t22-,24+,25+,26-,27-,28+,29-,30-,31-,32+,33+,34+,35-,36-,39+,40-,41-,42+,43+/m0/s1. The van der Waals surface area contributed by atoms with Crippen molar-refractivity contribution in [3.8, 4) is 0 Å². The molecule has 2 saturated heterocycles. The first-order chi connectivity index (χ1) is 38.3. The van der Waals surface area contributed by atoms with Crippen LogP contribution in [0.2, 0.25) is 0 Å². The average molecular weight is 1370 g/mol. The summed E-state index contributed by atoms with van der Waals surface area (Å²) in [7, 11) is -40.7. The summed E-state index contributed by atoms with van der Waals surface area (Å²) in [6, 6.07) is 0. The van der Waals surface area contributed by atoms with Gasteiger partial charge in [-0.1, -0.05) is 47.1 Å². The highest BCUT2D eigenvalue weighted by Crippen LogP contribution is 2.75. The first-order valence-corrected chi connectivity index (χ1v) is 35.3. The molecule has 0 unspecified atom stereocenters. The Hall–Kier alpha value is -2.19. The summed E-state index contributed by atoms with van der Waals surface area (Å²) in [6.45, 7) is 10.1. The predicted molar refractivity (Wildman–Crippen MR) is 276 cm³/mol. The third-order valence-electron chi connectivity index (χ3n) is 18.9. The number of rotatable bonds is 21. The van der Waals surface area contributed by atoms with Crippen molar-refractivity contribution in [2.24, 2.45) is 50.2 Å². The van der Waals surface area contributed by atoms with Crippen LogP contribution in [0.3, 0.4) is 0 Å². The molecule has 19 atom stereocenters. The zero-order valence-corrected chi connectivity index (χ0v) is 52.1. The van der Waals surface area contributed by atoms with Crippen molar-refractivity contribution in [3.63, 3.8) is 0 Å². The summed E-state index contributed by atoms with van der Waals surface area (Å²) in [6.07, 6.45) is -25.2. The Balaban J connectivity index is 1.30. The molecule has 6 fully saturated rings. The molecule has 2 heterocycles. The molecule has 42 heteroatoms. The maximum Gasteiger partial charge on any atom is 0.397 e. The van der Waals surface area contributed by atoms with Crippen LogP contribution >= 0.6 is 0 Å². The minimum atomic E-state index is -6.19. The number of methoxy groups -OCH3 is 1. The molecule has 4 saturated carbocycles. The highest BCUT2D eigenvalue weighted by atomic mass is 32.3. The van der Waals surface area contributed by atoms with Gasteiger partial charge in [0, 0.05) is 5.92 Å². The third kappa shape index (κ3) is 15.3. The van der Waals surface area contributed by atoms with Gasteiger partial charge in [0.05, 0.1) is 31.8 Å². The van der Waals surface area contributed by atoms with Crippen molar-refractivity contribution in [2.75, 3.05) is 20.3 Å². The zero-order chi connectivity index (χ0) is 64.3. The highest BCUT2D eigenvalue weighted by Gasteiger charge is 2.71. The summed E-state index contributed by atoms with van der Waals surface area (Å²) in [5.74, 6) is -1.78. The minimum Gasteiger partial charge on any atom is -0.469 e. The van der Waals surface area contributed by atoms with Gasteiger partial charge in [0.1, 0.15) is 36.6 Å². The molecular formula is C43H68O35S7. The SMILES string of the molecule is COC(=O)[C@@]1(C)CC[C@]2(C)CC[C@]3(C)C(=CC(=O)[C@@H]4[C@@]5(C)CC[C@H](O[C@@H]6O[C@H](COS(=O)(=O)O)[C@@H](O[C@@H]7O[C@H](COS(=O)(=O)O)[C@H](OS(=O)(=O)O)[C@H](OS(=O)(=O)O)[C@H]7OS(=O)(=O)O)[C@H](OS(=O)(=O)O)[C@H]6OS(=O)(=O)O)C(C)(C)[C@@H]5CC[C@]43C)[C@@H]2C1. The highest BCUT2D eigenvalue weighted by molar-refractivity contribution is 7.82. The van der Waals surface area contributed by atoms with Gasteiger partial charge < -0.3 is 23.7 Å². The van der Waals surface area contributed by atoms with Crippen LogP contribution in [0.15, 0.2) is 11.6 Å². The second-order valence-corrected chi connectivity index (χ2v) is 31.7. The van der Waals surface area contributed by atoms with Crippen molar-refractivity contribution in [1.82, 2.24) is 0 Å². The van der Waals surface area contributed by atoms with Gasteiger partial charge in [-0.15, -0.1) is 0 Å². The molecule has 7 rings (SSSR count). The van der Waals surface area contributed by atoms with E-state index in [1.54, 1.807) is 19.9 Å². The van der Waals surface area contributed by atoms with Crippen LogP contribution in [0.1, 0.15) is 106 Å². The van der Waals surface area contributed by atoms with E-state index in [-0.39, 0.29) is 35.9 Å². The normalized spacial score (nSPS) is 41.1. The maximum atomic E-state index is 15.2. The Morgan fingerprint density at radius 3 is 1.45 bits per heavy atom. The molecule has 5 aliphatic carbocycles.